The van der Waals surface area contributed by atoms with Crippen LogP contribution in [0.4, 0.5) is 0 Å². The molecule has 0 unspecified atom stereocenters. The molecule has 10 nitrogen and oxygen atoms in total. The Balaban J connectivity index is 1.37. The zero-order chi connectivity index (χ0) is 55.6. The molecular weight excluding hydrogens is 1020 g/mol. The summed E-state index contributed by atoms with van der Waals surface area (Å²) in [5.41, 5.74) is 6.49. The van der Waals surface area contributed by atoms with Gasteiger partial charge in [0.1, 0.15) is 28.3 Å². The molecular formula is C68H94N8O2Si2. The van der Waals surface area contributed by atoms with Crippen LogP contribution < -0.4 is 8.85 Å². The van der Waals surface area contributed by atoms with Crippen LogP contribution in [-0.2, 0) is 0 Å². The first kappa shape index (κ1) is 58.9. The van der Waals surface area contributed by atoms with Crippen LogP contribution in [0.15, 0.2) is 84.9 Å². The van der Waals surface area contributed by atoms with Crippen LogP contribution in [0.2, 0.25) is 36.3 Å². The molecule has 0 fully saturated rings. The van der Waals surface area contributed by atoms with Gasteiger partial charge in [-0.25, -0.2) is 29.9 Å². The highest BCUT2D eigenvalue weighted by Gasteiger charge is 2.41. The topological polar surface area (TPSA) is 127 Å². The molecule has 0 saturated heterocycles. The minimum Gasteiger partial charge on any atom is -0.541 e. The third-order valence-electron chi connectivity index (χ3n) is 17.2. The number of rotatable bonds is 34. The minimum atomic E-state index is -2.53. The van der Waals surface area contributed by atoms with Crippen LogP contribution >= 0.6 is 0 Å². The molecule has 0 amide bonds. The summed E-state index contributed by atoms with van der Waals surface area (Å²) in [7, 11) is -4.95. The number of aromatic amines is 2. The van der Waals surface area contributed by atoms with Gasteiger partial charge in [-0.15, -0.1) is 0 Å². The van der Waals surface area contributed by atoms with Crippen molar-refractivity contribution in [1.82, 2.24) is 39.9 Å². The summed E-state index contributed by atoms with van der Waals surface area (Å²) in [6.45, 7) is 14.0. The van der Waals surface area contributed by atoms with Crippen molar-refractivity contribution in [3.8, 4) is 57.1 Å². The number of H-pyrrole nitrogens is 2. The highest BCUT2D eigenvalue weighted by Crippen LogP contribution is 2.47. The van der Waals surface area contributed by atoms with E-state index in [4.69, 9.17) is 38.8 Å². The molecule has 0 atom stereocenters. The summed E-state index contributed by atoms with van der Waals surface area (Å²) in [5.74, 6) is 4.23. The Kier molecular flexibility index (Phi) is 21.6. The molecule has 9 rings (SSSR count). The molecule has 4 aromatic carbocycles. The second-order valence-electron chi connectivity index (χ2n) is 23.5. The molecule has 80 heavy (non-hydrogen) atoms. The number of aromatic nitrogens is 8. The quantitative estimate of drug-likeness (QED) is 0.0302. The second kappa shape index (κ2) is 29.3. The van der Waals surface area contributed by atoms with Gasteiger partial charge in [-0.05, 0) is 48.4 Å². The van der Waals surface area contributed by atoms with Crippen molar-refractivity contribution >= 4 is 60.8 Å². The van der Waals surface area contributed by atoms with E-state index in [1.807, 2.05) is 12.1 Å². The van der Waals surface area contributed by atoms with E-state index in [0.717, 1.165) is 73.4 Å². The van der Waals surface area contributed by atoms with Crippen LogP contribution in [0.3, 0.4) is 0 Å². The van der Waals surface area contributed by atoms with E-state index in [0.29, 0.717) is 45.9 Å². The van der Waals surface area contributed by atoms with E-state index >= 15 is 0 Å². The van der Waals surface area contributed by atoms with Crippen molar-refractivity contribution in [2.45, 2.75) is 232 Å². The summed E-state index contributed by atoms with van der Waals surface area (Å²) in [5, 5.41) is 3.81. The lowest BCUT2D eigenvalue weighted by Gasteiger charge is -2.37. The summed E-state index contributed by atoms with van der Waals surface area (Å²) in [6, 6.07) is 36.5. The van der Waals surface area contributed by atoms with Crippen LogP contribution in [0.1, 0.15) is 196 Å². The Morgan fingerprint density at radius 3 is 0.988 bits per heavy atom. The van der Waals surface area contributed by atoms with Gasteiger partial charge in [-0.1, -0.05) is 268 Å². The number of hydrogen-bond acceptors (Lipinski definition) is 8. The van der Waals surface area contributed by atoms with Crippen LogP contribution in [0, 0.1) is 0 Å². The Labute approximate surface area is 480 Å². The van der Waals surface area contributed by atoms with Gasteiger partial charge in [0.05, 0.1) is 5.39 Å². The third-order valence-corrected chi connectivity index (χ3v) is 26.1. The van der Waals surface area contributed by atoms with E-state index in [9.17, 15) is 0 Å². The molecule has 0 radical (unpaired) electrons. The molecule has 0 aliphatic carbocycles. The van der Waals surface area contributed by atoms with Crippen molar-refractivity contribution < 1.29 is 8.85 Å². The highest BCUT2D eigenvalue weighted by atomic mass is 28.4. The zero-order valence-corrected chi connectivity index (χ0v) is 51.8. The second-order valence-corrected chi connectivity index (χ2v) is 31.6. The van der Waals surface area contributed by atoms with Gasteiger partial charge in [0.25, 0.3) is 16.6 Å². The van der Waals surface area contributed by atoms with Crippen LogP contribution in [0.25, 0.3) is 89.7 Å². The van der Waals surface area contributed by atoms with Crippen molar-refractivity contribution in [3.05, 3.63) is 84.9 Å². The van der Waals surface area contributed by atoms with E-state index in [-0.39, 0.29) is 0 Å². The van der Waals surface area contributed by atoms with Crippen LogP contribution in [0.5, 0.6) is 11.5 Å². The van der Waals surface area contributed by atoms with Gasteiger partial charge in [0.15, 0.2) is 29.0 Å². The zero-order valence-electron chi connectivity index (χ0n) is 49.8. The summed E-state index contributed by atoms with van der Waals surface area (Å²) in [6.07, 6.45) is 29.6. The Morgan fingerprint density at radius 1 is 0.312 bits per heavy atom. The van der Waals surface area contributed by atoms with Gasteiger partial charge in [-0.2, -0.15) is 0 Å². The average molecular weight is 1110 g/mol. The lowest BCUT2D eigenvalue weighted by Crippen LogP contribution is -2.44. The summed E-state index contributed by atoms with van der Waals surface area (Å²) in [4.78, 5) is 40.0. The number of hydrogen-bond donors (Lipinski definition) is 2. The van der Waals surface area contributed by atoms with Gasteiger partial charge in [0, 0.05) is 38.4 Å². The van der Waals surface area contributed by atoms with Gasteiger partial charge in [0.2, 0.25) is 0 Å². The molecule has 426 valence electrons. The first-order chi connectivity index (χ1) is 39.4. The normalized spacial score (nSPS) is 12.4. The first-order valence-electron chi connectivity index (χ1n) is 32.0. The first-order valence-corrected chi connectivity index (χ1v) is 37.1. The number of unbranched alkanes of at least 4 members (excludes halogenated alkanes) is 18. The lowest BCUT2D eigenvalue weighted by atomic mass is 10.1. The highest BCUT2D eigenvalue weighted by molar-refractivity contribution is 6.75. The molecule has 2 aliphatic rings. The number of nitrogens with zero attached hydrogens (tertiary/aromatic N) is 6. The fourth-order valence-electron chi connectivity index (χ4n) is 12.6. The molecule has 3 aromatic heterocycles. The SMILES string of the molecule is CCCCCC[Si](CCCCCC)(CCCCCC)Oc1ccc2c3nc4nc(nc5[nH]c(nc6nc(nc([nH]3)c2c1O[Si](CCCCCC)(CCCCCC)CCCCCC)-c1ccccc1-6)c1ccccc51)-c1ccccc1-4. The van der Waals surface area contributed by atoms with Crippen molar-refractivity contribution in [1.29, 1.82) is 0 Å². The van der Waals surface area contributed by atoms with E-state index in [2.05, 4.69) is 124 Å². The molecule has 8 bridgehead atoms. The molecule has 12 heteroatoms. The Bertz CT molecular complexity index is 3210. The fourth-order valence-corrected chi connectivity index (χ4v) is 21.4. The smallest absolute Gasteiger partial charge is 0.251 e. The van der Waals surface area contributed by atoms with Crippen molar-refractivity contribution in [2.75, 3.05) is 0 Å². The molecule has 0 spiro atoms. The Hall–Kier alpha value is -5.73. The lowest BCUT2D eigenvalue weighted by molar-refractivity contribution is 0.453. The number of nitrogens with one attached hydrogen (secondary N) is 2. The monoisotopic (exact) mass is 1110 g/mol. The predicted octanol–water partition coefficient (Wildman–Crippen LogP) is 21.0. The minimum absolute atomic E-state index is 0.604. The van der Waals surface area contributed by atoms with Gasteiger partial charge < -0.3 is 18.8 Å². The Morgan fingerprint density at radius 2 is 0.625 bits per heavy atom. The number of fused-ring (bicyclic) bond motifs is 20. The molecule has 7 aromatic rings. The largest absolute Gasteiger partial charge is 0.541 e. The van der Waals surface area contributed by atoms with Crippen LogP contribution in [-0.4, -0.2) is 56.5 Å². The maximum atomic E-state index is 8.43. The fraction of sp³-hybridized carbons (Fsp3) is 0.529. The summed E-state index contributed by atoms with van der Waals surface area (Å²) < 4.78 is 16.7. The number of benzene rings is 4. The maximum Gasteiger partial charge on any atom is 0.251 e. The maximum absolute atomic E-state index is 8.43. The molecule has 2 aliphatic heterocycles. The molecule has 5 heterocycles. The molecule has 2 N–H and O–H groups in total. The van der Waals surface area contributed by atoms with Gasteiger partial charge in [-0.3, -0.25) is 0 Å². The van der Waals surface area contributed by atoms with E-state index < -0.39 is 16.6 Å². The predicted molar refractivity (Wildman–Crippen MR) is 343 cm³/mol. The standard InChI is InChI=1S/C68H94N8O2Si2/c1-7-13-19-31-45-79(46-32-20-14-8-2,47-33-21-15-9-3)77-58-44-43-57-59(60(58)78-80(48-34-22-16-10-4,49-35-23-17-11-5)50-36-24-18-12-6)68-75-66-56-42-30-29-41-55(56)64(73-66)71-62-52-38-26-25-37-51(52)61(69-62)70-63-53-39-27-28-40-54(53)65(72-63)74-67(57)76-68/h25-30,37-44H,7-24,31-36,45-50H2,1-6H3,(H2,69,70,71,72,73,74,75,76). The van der Waals surface area contributed by atoms with E-state index in [1.54, 1.807) is 0 Å². The van der Waals surface area contributed by atoms with E-state index in [1.165, 1.54) is 172 Å². The summed E-state index contributed by atoms with van der Waals surface area (Å²) >= 11 is 0. The van der Waals surface area contributed by atoms with Crippen molar-refractivity contribution in [2.24, 2.45) is 0 Å². The van der Waals surface area contributed by atoms with Crippen molar-refractivity contribution in [3.63, 3.8) is 0 Å². The average Bonchev–Trinajstić information content (AvgIpc) is 4.24. The molecule has 0 saturated carbocycles. The third kappa shape index (κ3) is 14.3. The van der Waals surface area contributed by atoms with Gasteiger partial charge >= 0.3 is 0 Å².